The van der Waals surface area contributed by atoms with Gasteiger partial charge >= 0.3 is 0 Å². The highest BCUT2D eigenvalue weighted by molar-refractivity contribution is 5.10. The van der Waals surface area contributed by atoms with E-state index in [9.17, 15) is 0 Å². The van der Waals surface area contributed by atoms with Crippen LogP contribution in [0.15, 0.2) is 0 Å². The second-order valence-corrected chi connectivity index (χ2v) is 14.2. The highest BCUT2D eigenvalue weighted by atomic mass is 17.2. The third-order valence-electron chi connectivity index (χ3n) is 7.59. The van der Waals surface area contributed by atoms with Crippen LogP contribution in [-0.2, 0) is 9.78 Å². The standard InChI is InChI=1S/C26H50O2/c1-18-13-20(17-24(9,10)14-18)27-28-26(23(6,7)8)16-19(2)15-25(11,12)21(26)22(3,4)5/h18-21H,13-17H2,1-12H3. The van der Waals surface area contributed by atoms with Crippen molar-refractivity contribution in [3.8, 4) is 0 Å². The van der Waals surface area contributed by atoms with E-state index in [1.807, 2.05) is 0 Å². The predicted molar refractivity (Wildman–Crippen MR) is 120 cm³/mol. The van der Waals surface area contributed by atoms with E-state index in [-0.39, 0.29) is 27.9 Å². The van der Waals surface area contributed by atoms with Crippen molar-refractivity contribution in [3.63, 3.8) is 0 Å². The quantitative estimate of drug-likeness (QED) is 0.356. The Kier molecular flexibility index (Phi) is 6.53. The molecule has 2 rings (SSSR count). The second-order valence-electron chi connectivity index (χ2n) is 14.2. The monoisotopic (exact) mass is 394 g/mol. The van der Waals surface area contributed by atoms with E-state index < -0.39 is 0 Å². The lowest BCUT2D eigenvalue weighted by Gasteiger charge is -2.62. The van der Waals surface area contributed by atoms with Gasteiger partial charge in [-0.15, -0.1) is 0 Å². The molecule has 0 saturated heterocycles. The number of rotatable bonds is 3. The Hall–Kier alpha value is -0.0800. The molecule has 0 N–H and O–H groups in total. The maximum absolute atomic E-state index is 6.76. The summed E-state index contributed by atoms with van der Waals surface area (Å²) in [6.07, 6.45) is 6.03. The Morgan fingerprint density at radius 2 is 1.32 bits per heavy atom. The van der Waals surface area contributed by atoms with Crippen LogP contribution in [0.5, 0.6) is 0 Å². The highest BCUT2D eigenvalue weighted by Gasteiger charge is 2.62. The molecule has 0 bridgehead atoms. The van der Waals surface area contributed by atoms with Gasteiger partial charge in [-0.2, -0.15) is 0 Å². The molecule has 2 fully saturated rings. The van der Waals surface area contributed by atoms with E-state index in [1.54, 1.807) is 0 Å². The third kappa shape index (κ3) is 4.97. The molecule has 0 radical (unpaired) electrons. The van der Waals surface area contributed by atoms with Gasteiger partial charge in [0.2, 0.25) is 0 Å². The van der Waals surface area contributed by atoms with Crippen molar-refractivity contribution in [2.45, 2.75) is 127 Å². The van der Waals surface area contributed by atoms with Crippen LogP contribution in [0.1, 0.15) is 115 Å². The molecule has 5 atom stereocenters. The van der Waals surface area contributed by atoms with Crippen LogP contribution in [0.4, 0.5) is 0 Å². The van der Waals surface area contributed by atoms with Crippen LogP contribution in [0.2, 0.25) is 0 Å². The van der Waals surface area contributed by atoms with Crippen molar-refractivity contribution in [1.82, 2.24) is 0 Å². The number of hydrogen-bond acceptors (Lipinski definition) is 2. The first-order valence-corrected chi connectivity index (χ1v) is 11.7. The SMILES string of the molecule is CC1CC(OOC2(C(C)(C)C)CC(C)CC(C)(C)C2C(C)(C)C)CC(C)(C)C1. The van der Waals surface area contributed by atoms with E-state index >= 15 is 0 Å². The average Bonchev–Trinajstić information content (AvgIpc) is 2.37. The average molecular weight is 395 g/mol. The van der Waals surface area contributed by atoms with Gasteiger partial charge in [-0.3, -0.25) is 0 Å². The first-order valence-electron chi connectivity index (χ1n) is 11.7. The van der Waals surface area contributed by atoms with Gasteiger partial charge in [0.25, 0.3) is 0 Å². The summed E-state index contributed by atoms with van der Waals surface area (Å²) in [6, 6.07) is 0. The maximum Gasteiger partial charge on any atom is 0.112 e. The van der Waals surface area contributed by atoms with Gasteiger partial charge in [-0.25, -0.2) is 9.78 Å². The van der Waals surface area contributed by atoms with Crippen LogP contribution in [0.3, 0.4) is 0 Å². The Morgan fingerprint density at radius 3 is 1.79 bits per heavy atom. The molecule has 0 aromatic rings. The fraction of sp³-hybridized carbons (Fsp3) is 1.00. The van der Waals surface area contributed by atoms with E-state index in [4.69, 9.17) is 9.78 Å². The highest BCUT2D eigenvalue weighted by Crippen LogP contribution is 2.62. The van der Waals surface area contributed by atoms with E-state index in [1.165, 1.54) is 12.8 Å². The minimum absolute atomic E-state index is 0.00664. The summed E-state index contributed by atoms with van der Waals surface area (Å²) in [5.41, 5.74) is 0.429. The van der Waals surface area contributed by atoms with Crippen molar-refractivity contribution in [1.29, 1.82) is 0 Å². The molecule has 2 nitrogen and oxygen atoms in total. The summed E-state index contributed by atoms with van der Waals surface area (Å²) in [5, 5.41) is 0. The van der Waals surface area contributed by atoms with Crippen LogP contribution in [-0.4, -0.2) is 11.7 Å². The lowest BCUT2D eigenvalue weighted by atomic mass is 9.46. The second kappa shape index (κ2) is 7.56. The van der Waals surface area contributed by atoms with Crippen molar-refractivity contribution in [2.75, 3.05) is 0 Å². The molecule has 2 aliphatic carbocycles. The molecule has 5 unspecified atom stereocenters. The summed E-state index contributed by atoms with van der Waals surface area (Å²) < 4.78 is 0. The summed E-state index contributed by atoms with van der Waals surface area (Å²) in [7, 11) is 0. The van der Waals surface area contributed by atoms with Gasteiger partial charge < -0.3 is 0 Å². The molecule has 2 heteroatoms. The van der Waals surface area contributed by atoms with Crippen molar-refractivity contribution in [2.24, 2.45) is 39.4 Å². The van der Waals surface area contributed by atoms with E-state index in [0.717, 1.165) is 19.3 Å². The fourth-order valence-electron chi connectivity index (χ4n) is 7.66. The summed E-state index contributed by atoms with van der Waals surface area (Å²) in [4.78, 5) is 13.2. The largest absolute Gasteiger partial charge is 0.233 e. The van der Waals surface area contributed by atoms with Crippen LogP contribution in [0.25, 0.3) is 0 Å². The summed E-state index contributed by atoms with van der Waals surface area (Å²) in [5.74, 6) is 1.76. The molecule has 166 valence electrons. The minimum atomic E-state index is -0.281. The molecule has 0 heterocycles. The minimum Gasteiger partial charge on any atom is -0.233 e. The molecular formula is C26H50O2. The van der Waals surface area contributed by atoms with Crippen molar-refractivity contribution in [3.05, 3.63) is 0 Å². The molecule has 2 aliphatic rings. The molecule has 28 heavy (non-hydrogen) atoms. The first kappa shape index (κ1) is 24.2. The first-order chi connectivity index (χ1) is 12.4. The topological polar surface area (TPSA) is 18.5 Å². The molecule has 0 aromatic heterocycles. The van der Waals surface area contributed by atoms with E-state index in [0.29, 0.717) is 23.2 Å². The zero-order chi connectivity index (χ0) is 21.8. The Bertz CT molecular complexity index is 534. The lowest BCUT2D eigenvalue weighted by molar-refractivity contribution is -0.441. The predicted octanol–water partition coefficient (Wildman–Crippen LogP) is 8.05. The fourth-order valence-corrected chi connectivity index (χ4v) is 7.66. The molecule has 0 aromatic carbocycles. The number of hydrogen-bond donors (Lipinski definition) is 0. The van der Waals surface area contributed by atoms with Crippen molar-refractivity contribution >= 4 is 0 Å². The maximum atomic E-state index is 6.76. The Morgan fingerprint density at radius 1 is 0.750 bits per heavy atom. The smallest absolute Gasteiger partial charge is 0.112 e. The van der Waals surface area contributed by atoms with E-state index in [2.05, 4.69) is 83.1 Å². The van der Waals surface area contributed by atoms with Crippen molar-refractivity contribution < 1.29 is 9.78 Å². The van der Waals surface area contributed by atoms with Gasteiger partial charge in [0.15, 0.2) is 0 Å². The molecule has 0 spiro atoms. The Labute approximate surface area is 176 Å². The molecular weight excluding hydrogens is 344 g/mol. The lowest BCUT2D eigenvalue weighted by Crippen LogP contribution is -2.63. The van der Waals surface area contributed by atoms with Gasteiger partial charge in [-0.1, -0.05) is 83.1 Å². The molecule has 2 saturated carbocycles. The van der Waals surface area contributed by atoms with Crippen LogP contribution >= 0.6 is 0 Å². The zero-order valence-corrected chi connectivity index (χ0v) is 21.2. The van der Waals surface area contributed by atoms with Crippen LogP contribution < -0.4 is 0 Å². The van der Waals surface area contributed by atoms with Crippen LogP contribution in [0, 0.1) is 39.4 Å². The van der Waals surface area contributed by atoms with Gasteiger partial charge in [0, 0.05) is 5.92 Å². The third-order valence-corrected chi connectivity index (χ3v) is 7.59. The van der Waals surface area contributed by atoms with Gasteiger partial charge in [0.05, 0.1) is 6.10 Å². The molecule has 0 amide bonds. The van der Waals surface area contributed by atoms with Gasteiger partial charge in [0.1, 0.15) is 5.60 Å². The summed E-state index contributed by atoms with van der Waals surface area (Å²) >= 11 is 0. The zero-order valence-electron chi connectivity index (χ0n) is 21.2. The van der Waals surface area contributed by atoms with Gasteiger partial charge in [-0.05, 0) is 65.6 Å². The normalized spacial score (nSPS) is 39.0. The summed E-state index contributed by atoms with van der Waals surface area (Å²) in [6.45, 7) is 28.7. The Balaban J connectivity index is 2.39. The molecule has 0 aliphatic heterocycles.